The number of hydrogen-bond acceptors (Lipinski definition) is 3. The lowest BCUT2D eigenvalue weighted by Crippen LogP contribution is -2.61. The molecule has 0 radical (unpaired) electrons. The van der Waals surface area contributed by atoms with Crippen molar-refractivity contribution in [1.29, 1.82) is 0 Å². The van der Waals surface area contributed by atoms with Crippen LogP contribution in [0.5, 0.6) is 0 Å². The molecule has 4 aliphatic rings. The van der Waals surface area contributed by atoms with Gasteiger partial charge in [-0.05, 0) is 180 Å². The van der Waals surface area contributed by atoms with Crippen molar-refractivity contribution < 1.29 is 0 Å². The van der Waals surface area contributed by atoms with E-state index in [4.69, 9.17) is 0 Å². The molecule has 10 aromatic rings. The Morgan fingerprint density at radius 2 is 0.902 bits per heavy atom. The molecular formula is C78H74BN3. The fraction of sp³-hybridized carbons (Fsp3) is 0.231. The molecule has 0 N–H and O–H groups in total. The van der Waals surface area contributed by atoms with Crippen LogP contribution in [0, 0.1) is 0 Å². The highest BCUT2D eigenvalue weighted by Crippen LogP contribution is 2.64. The van der Waals surface area contributed by atoms with Crippen LogP contribution in [0.2, 0.25) is 0 Å². The minimum atomic E-state index is -0.395. The van der Waals surface area contributed by atoms with Crippen LogP contribution in [0.15, 0.2) is 224 Å². The first-order chi connectivity index (χ1) is 39.3. The molecule has 0 aromatic heterocycles. The standard InChI is InChI=1S/C78H74BN3/c1-74(2,3)57-33-36-60(37-34-57)80-70-50-61(82-68-40-31-55(51-23-15-12-16-24-51)45-64(68)77(10)44-43-54-29-21-22-30-63(54)78(77,82)11)38-39-65(70)79-66-46-56(52-25-17-13-18-26-52)32-41-69(66)81(72-49-59(76(7,8)9)48-71(80)73(72)79)67-42-35-58(75(4,5)6)47-62(67)53-27-19-14-20-28-53/h12-42,45-50H,43-44H2,1-11H3. The molecule has 0 spiro atoms. The first kappa shape index (κ1) is 51.8. The van der Waals surface area contributed by atoms with Crippen LogP contribution in [-0.4, -0.2) is 6.71 Å². The normalized spacial score (nSPS) is 17.8. The van der Waals surface area contributed by atoms with Crippen molar-refractivity contribution in [3.8, 4) is 33.4 Å². The summed E-state index contributed by atoms with van der Waals surface area (Å²) in [4.78, 5) is 8.03. The molecule has 3 heterocycles. The third-order valence-corrected chi connectivity index (χ3v) is 19.4. The molecule has 10 aromatic carbocycles. The number of rotatable bonds is 6. The molecule has 3 aliphatic heterocycles. The molecule has 82 heavy (non-hydrogen) atoms. The average Bonchev–Trinajstić information content (AvgIpc) is 1.63. The number of benzene rings is 10. The Kier molecular flexibility index (Phi) is 11.7. The quantitative estimate of drug-likeness (QED) is 0.154. The van der Waals surface area contributed by atoms with E-state index in [2.05, 4.69) is 315 Å². The summed E-state index contributed by atoms with van der Waals surface area (Å²) >= 11 is 0. The molecule has 4 heteroatoms. The Bertz CT molecular complexity index is 4140. The second kappa shape index (κ2) is 18.6. The molecule has 0 saturated heterocycles. The maximum atomic E-state index is 2.75. The molecule has 404 valence electrons. The van der Waals surface area contributed by atoms with E-state index in [-0.39, 0.29) is 28.4 Å². The zero-order valence-corrected chi connectivity index (χ0v) is 49.7. The van der Waals surface area contributed by atoms with Crippen LogP contribution in [0.1, 0.15) is 116 Å². The van der Waals surface area contributed by atoms with Gasteiger partial charge in [-0.1, -0.05) is 227 Å². The Hall–Kier alpha value is -8.34. The minimum Gasteiger partial charge on any atom is -0.330 e. The maximum absolute atomic E-state index is 2.75. The van der Waals surface area contributed by atoms with Gasteiger partial charge in [-0.25, -0.2) is 0 Å². The van der Waals surface area contributed by atoms with Crippen molar-refractivity contribution in [3.63, 3.8) is 0 Å². The van der Waals surface area contributed by atoms with Crippen LogP contribution in [0.25, 0.3) is 33.4 Å². The van der Waals surface area contributed by atoms with Crippen molar-refractivity contribution in [2.75, 3.05) is 14.7 Å². The first-order valence-corrected chi connectivity index (χ1v) is 29.8. The van der Waals surface area contributed by atoms with E-state index in [0.717, 1.165) is 18.5 Å². The van der Waals surface area contributed by atoms with Crippen molar-refractivity contribution in [2.24, 2.45) is 0 Å². The van der Waals surface area contributed by atoms with E-state index in [9.17, 15) is 0 Å². The lowest BCUT2D eigenvalue weighted by Gasteiger charge is -2.51. The molecule has 2 unspecified atom stereocenters. The van der Waals surface area contributed by atoms with E-state index in [0.29, 0.717) is 0 Å². The van der Waals surface area contributed by atoms with Crippen molar-refractivity contribution >= 4 is 68.6 Å². The molecule has 3 nitrogen and oxygen atoms in total. The summed E-state index contributed by atoms with van der Waals surface area (Å²) in [5, 5.41) is 0. The Morgan fingerprint density at radius 1 is 0.366 bits per heavy atom. The predicted octanol–water partition coefficient (Wildman–Crippen LogP) is 18.9. The van der Waals surface area contributed by atoms with Gasteiger partial charge in [-0.2, -0.15) is 0 Å². The second-order valence-electron chi connectivity index (χ2n) is 27.3. The number of anilines is 8. The van der Waals surface area contributed by atoms with Crippen LogP contribution < -0.4 is 31.1 Å². The molecule has 0 saturated carbocycles. The Morgan fingerprint density at radius 3 is 1.54 bits per heavy atom. The number of hydrogen-bond donors (Lipinski definition) is 0. The van der Waals surface area contributed by atoms with Gasteiger partial charge in [0.15, 0.2) is 0 Å². The third-order valence-electron chi connectivity index (χ3n) is 19.4. The average molecular weight is 1060 g/mol. The van der Waals surface area contributed by atoms with Crippen molar-refractivity contribution in [3.05, 3.63) is 258 Å². The van der Waals surface area contributed by atoms with Crippen LogP contribution in [-0.2, 0) is 33.6 Å². The van der Waals surface area contributed by atoms with E-state index in [1.807, 2.05) is 0 Å². The maximum Gasteiger partial charge on any atom is 0.252 e. The summed E-state index contributed by atoms with van der Waals surface area (Å²) in [6.07, 6.45) is 2.09. The van der Waals surface area contributed by atoms with Crippen LogP contribution >= 0.6 is 0 Å². The van der Waals surface area contributed by atoms with Gasteiger partial charge < -0.3 is 14.7 Å². The molecule has 0 fully saturated rings. The Balaban J connectivity index is 1.07. The number of nitrogens with zero attached hydrogens (tertiary/aromatic N) is 3. The van der Waals surface area contributed by atoms with Gasteiger partial charge in [0.25, 0.3) is 6.71 Å². The van der Waals surface area contributed by atoms with E-state index in [1.54, 1.807) is 0 Å². The summed E-state index contributed by atoms with van der Waals surface area (Å²) in [6.45, 7) is 26.1. The fourth-order valence-corrected chi connectivity index (χ4v) is 14.6. The number of fused-ring (bicyclic) bond motifs is 9. The third kappa shape index (κ3) is 7.99. The van der Waals surface area contributed by atoms with Gasteiger partial charge in [0.1, 0.15) is 0 Å². The van der Waals surface area contributed by atoms with E-state index >= 15 is 0 Å². The van der Waals surface area contributed by atoms with E-state index in [1.165, 1.54) is 123 Å². The molecule has 2 atom stereocenters. The summed E-state index contributed by atoms with van der Waals surface area (Å²) < 4.78 is 0. The molecule has 0 bridgehead atoms. The van der Waals surface area contributed by atoms with Gasteiger partial charge in [-0.3, -0.25) is 0 Å². The largest absolute Gasteiger partial charge is 0.330 e. The van der Waals surface area contributed by atoms with Gasteiger partial charge >= 0.3 is 0 Å². The summed E-state index contributed by atoms with van der Waals surface area (Å²) in [6, 6.07) is 86.3. The summed E-state index contributed by atoms with van der Waals surface area (Å²) in [5.74, 6) is 0. The zero-order chi connectivity index (χ0) is 56.7. The fourth-order valence-electron chi connectivity index (χ4n) is 14.6. The highest BCUT2D eigenvalue weighted by atomic mass is 15.3. The van der Waals surface area contributed by atoms with E-state index < -0.39 is 5.54 Å². The van der Waals surface area contributed by atoms with Gasteiger partial charge in [0.2, 0.25) is 0 Å². The Labute approximate surface area is 488 Å². The first-order valence-electron chi connectivity index (χ1n) is 29.8. The molecule has 1 aliphatic carbocycles. The second-order valence-corrected chi connectivity index (χ2v) is 27.3. The number of aryl methyl sites for hydroxylation is 1. The topological polar surface area (TPSA) is 9.72 Å². The van der Waals surface area contributed by atoms with Crippen molar-refractivity contribution in [2.45, 2.75) is 116 Å². The van der Waals surface area contributed by atoms with Gasteiger partial charge in [0, 0.05) is 50.8 Å². The monoisotopic (exact) mass is 1060 g/mol. The molecular weight excluding hydrogens is 990 g/mol. The van der Waals surface area contributed by atoms with Crippen LogP contribution in [0.3, 0.4) is 0 Å². The summed E-state index contributed by atoms with van der Waals surface area (Å²) in [7, 11) is 0. The highest BCUT2D eigenvalue weighted by molar-refractivity contribution is 7.00. The lowest BCUT2D eigenvalue weighted by atomic mass is 9.33. The minimum absolute atomic E-state index is 0.0104. The molecule has 14 rings (SSSR count). The van der Waals surface area contributed by atoms with Crippen LogP contribution in [0.4, 0.5) is 45.5 Å². The zero-order valence-electron chi connectivity index (χ0n) is 49.7. The predicted molar refractivity (Wildman–Crippen MR) is 351 cm³/mol. The lowest BCUT2D eigenvalue weighted by molar-refractivity contribution is 0.245. The summed E-state index contributed by atoms with van der Waals surface area (Å²) in [5.41, 5.74) is 28.4. The van der Waals surface area contributed by atoms with Gasteiger partial charge in [0.05, 0.1) is 11.2 Å². The van der Waals surface area contributed by atoms with Gasteiger partial charge in [-0.15, -0.1) is 0 Å². The highest BCUT2D eigenvalue weighted by Gasteiger charge is 2.60. The van der Waals surface area contributed by atoms with Crippen molar-refractivity contribution in [1.82, 2.24) is 0 Å². The molecule has 0 amide bonds. The smallest absolute Gasteiger partial charge is 0.252 e. The SMILES string of the molecule is CC(C)(C)c1ccc(N2c3cc(N4c5ccc(-c6ccccc6)cc5C5(C)CCc6ccccc6C45C)ccc3B3c4cc(-c5ccccc5)ccc4N(c4ccc(C(C)(C)C)cc4-c4ccccc4)c4cc(C(C)(C)C)cc2c43)cc1.